The van der Waals surface area contributed by atoms with Crippen molar-refractivity contribution in [1.82, 2.24) is 5.32 Å². The standard InChI is InChI=1S/C22H19F2NO2/c23-22(24)27-20-12-6-16(7-13-20)14-15-25-21(26)19-10-8-18(9-11-19)17-4-2-1-3-5-17/h1-13,22H,14-15H2,(H,25,26). The Bertz CT molecular complexity index is 863. The maximum Gasteiger partial charge on any atom is 0.387 e. The zero-order chi connectivity index (χ0) is 19.1. The van der Waals surface area contributed by atoms with E-state index in [1.165, 1.54) is 12.1 Å². The van der Waals surface area contributed by atoms with Gasteiger partial charge in [0.05, 0.1) is 0 Å². The number of benzene rings is 3. The lowest BCUT2D eigenvalue weighted by Crippen LogP contribution is -2.25. The predicted molar refractivity (Wildman–Crippen MR) is 101 cm³/mol. The van der Waals surface area contributed by atoms with E-state index in [2.05, 4.69) is 10.1 Å². The largest absolute Gasteiger partial charge is 0.435 e. The molecule has 0 unspecified atom stereocenters. The molecule has 3 aromatic rings. The lowest BCUT2D eigenvalue weighted by molar-refractivity contribution is -0.0498. The highest BCUT2D eigenvalue weighted by atomic mass is 19.3. The molecule has 5 heteroatoms. The summed E-state index contributed by atoms with van der Waals surface area (Å²) >= 11 is 0. The van der Waals surface area contributed by atoms with Crippen molar-refractivity contribution in [2.24, 2.45) is 0 Å². The Morgan fingerprint density at radius 2 is 1.48 bits per heavy atom. The lowest BCUT2D eigenvalue weighted by Gasteiger charge is -2.08. The number of carbonyl (C=O) groups is 1. The fourth-order valence-corrected chi connectivity index (χ4v) is 2.70. The second-order valence-electron chi connectivity index (χ2n) is 5.97. The van der Waals surface area contributed by atoms with Crippen molar-refractivity contribution in [3.63, 3.8) is 0 Å². The van der Waals surface area contributed by atoms with Crippen LogP contribution >= 0.6 is 0 Å². The molecule has 0 spiro atoms. The minimum Gasteiger partial charge on any atom is -0.435 e. The van der Waals surface area contributed by atoms with Crippen molar-refractivity contribution < 1.29 is 18.3 Å². The van der Waals surface area contributed by atoms with Crippen LogP contribution in [0.1, 0.15) is 15.9 Å². The first kappa shape index (κ1) is 18.6. The summed E-state index contributed by atoms with van der Waals surface area (Å²) in [5, 5.41) is 2.86. The smallest absolute Gasteiger partial charge is 0.387 e. The lowest BCUT2D eigenvalue weighted by atomic mass is 10.0. The van der Waals surface area contributed by atoms with Gasteiger partial charge in [0.15, 0.2) is 0 Å². The van der Waals surface area contributed by atoms with Gasteiger partial charge in [0, 0.05) is 12.1 Å². The van der Waals surface area contributed by atoms with Gasteiger partial charge >= 0.3 is 6.61 Å². The second kappa shape index (κ2) is 8.94. The van der Waals surface area contributed by atoms with Crippen molar-refractivity contribution >= 4 is 5.91 Å². The van der Waals surface area contributed by atoms with Gasteiger partial charge in [-0.15, -0.1) is 0 Å². The number of hydrogen-bond donors (Lipinski definition) is 1. The van der Waals surface area contributed by atoms with Gasteiger partial charge in [0.25, 0.3) is 5.91 Å². The average molecular weight is 367 g/mol. The Kier molecular flexibility index (Phi) is 6.15. The van der Waals surface area contributed by atoms with Gasteiger partial charge in [-0.05, 0) is 47.4 Å². The van der Waals surface area contributed by atoms with Crippen LogP contribution in [0.2, 0.25) is 0 Å². The van der Waals surface area contributed by atoms with Gasteiger partial charge in [-0.3, -0.25) is 4.79 Å². The van der Waals surface area contributed by atoms with Crippen LogP contribution in [-0.4, -0.2) is 19.1 Å². The minimum atomic E-state index is -2.83. The van der Waals surface area contributed by atoms with E-state index in [1.54, 1.807) is 24.3 Å². The summed E-state index contributed by atoms with van der Waals surface area (Å²) < 4.78 is 28.6. The molecule has 0 heterocycles. The monoisotopic (exact) mass is 367 g/mol. The van der Waals surface area contributed by atoms with E-state index in [0.29, 0.717) is 18.5 Å². The molecule has 0 aliphatic rings. The summed E-state index contributed by atoms with van der Waals surface area (Å²) in [7, 11) is 0. The Morgan fingerprint density at radius 3 is 2.11 bits per heavy atom. The fraction of sp³-hybridized carbons (Fsp3) is 0.136. The molecule has 0 aliphatic heterocycles. The third kappa shape index (κ3) is 5.38. The first-order chi connectivity index (χ1) is 13.1. The quantitative estimate of drug-likeness (QED) is 0.643. The topological polar surface area (TPSA) is 38.3 Å². The number of rotatable bonds is 7. The van der Waals surface area contributed by atoms with Gasteiger partial charge in [0.1, 0.15) is 5.75 Å². The van der Waals surface area contributed by atoms with Crippen molar-refractivity contribution in [3.05, 3.63) is 90.0 Å². The number of hydrogen-bond acceptors (Lipinski definition) is 2. The molecule has 0 bridgehead atoms. The summed E-state index contributed by atoms with van der Waals surface area (Å²) in [5.74, 6) is -0.0245. The number of amides is 1. The third-order valence-corrected chi connectivity index (χ3v) is 4.10. The fourth-order valence-electron chi connectivity index (χ4n) is 2.70. The van der Waals surface area contributed by atoms with Crippen molar-refractivity contribution in [2.75, 3.05) is 6.54 Å². The molecule has 0 saturated heterocycles. The molecule has 1 amide bonds. The molecule has 0 saturated carbocycles. The van der Waals surface area contributed by atoms with Crippen molar-refractivity contribution in [3.8, 4) is 16.9 Å². The highest BCUT2D eigenvalue weighted by Gasteiger charge is 2.07. The van der Waals surface area contributed by atoms with Crippen LogP contribution in [-0.2, 0) is 6.42 Å². The molecule has 0 atom stereocenters. The van der Waals surface area contributed by atoms with Crippen molar-refractivity contribution in [1.29, 1.82) is 0 Å². The van der Waals surface area contributed by atoms with Crippen LogP contribution in [0.3, 0.4) is 0 Å². The molecule has 0 aliphatic carbocycles. The molecule has 0 aromatic heterocycles. The summed E-state index contributed by atoms with van der Waals surface area (Å²) in [6.07, 6.45) is 0.600. The first-order valence-corrected chi connectivity index (χ1v) is 8.59. The Hall–Kier alpha value is -3.21. The molecule has 3 rings (SSSR count). The van der Waals surface area contributed by atoms with Crippen LogP contribution in [0.4, 0.5) is 8.78 Å². The molecule has 3 nitrogen and oxygen atoms in total. The molecule has 3 aromatic carbocycles. The van der Waals surface area contributed by atoms with E-state index in [0.717, 1.165) is 16.7 Å². The van der Waals surface area contributed by atoms with Crippen LogP contribution < -0.4 is 10.1 Å². The van der Waals surface area contributed by atoms with E-state index in [4.69, 9.17) is 0 Å². The Morgan fingerprint density at radius 1 is 0.852 bits per heavy atom. The molecular formula is C22H19F2NO2. The van der Waals surface area contributed by atoms with Crippen LogP contribution in [0.5, 0.6) is 5.75 Å². The number of carbonyl (C=O) groups excluding carboxylic acids is 1. The highest BCUT2D eigenvalue weighted by Crippen LogP contribution is 2.19. The van der Waals surface area contributed by atoms with E-state index < -0.39 is 6.61 Å². The third-order valence-electron chi connectivity index (χ3n) is 4.10. The van der Waals surface area contributed by atoms with E-state index in [9.17, 15) is 13.6 Å². The second-order valence-corrected chi connectivity index (χ2v) is 5.97. The summed E-state index contributed by atoms with van der Waals surface area (Å²) in [5.41, 5.74) is 3.67. The molecule has 0 fully saturated rings. The molecular weight excluding hydrogens is 348 g/mol. The summed E-state index contributed by atoms with van der Waals surface area (Å²) in [4.78, 5) is 12.2. The van der Waals surface area contributed by atoms with Crippen LogP contribution in [0, 0.1) is 0 Å². The SMILES string of the molecule is O=C(NCCc1ccc(OC(F)F)cc1)c1ccc(-c2ccccc2)cc1. The number of alkyl halides is 2. The van der Waals surface area contributed by atoms with Gasteiger partial charge < -0.3 is 10.1 Å². The van der Waals surface area contributed by atoms with Crippen LogP contribution in [0.25, 0.3) is 11.1 Å². The van der Waals surface area contributed by atoms with Gasteiger partial charge in [-0.25, -0.2) is 0 Å². The molecule has 27 heavy (non-hydrogen) atoms. The zero-order valence-corrected chi connectivity index (χ0v) is 14.6. The van der Waals surface area contributed by atoms with E-state index >= 15 is 0 Å². The molecule has 138 valence electrons. The minimum absolute atomic E-state index is 0.122. The summed E-state index contributed by atoms with van der Waals surface area (Å²) in [6.45, 7) is -2.38. The number of nitrogens with one attached hydrogen (secondary N) is 1. The van der Waals surface area contributed by atoms with E-state index in [-0.39, 0.29) is 11.7 Å². The molecule has 0 radical (unpaired) electrons. The first-order valence-electron chi connectivity index (χ1n) is 8.59. The highest BCUT2D eigenvalue weighted by molar-refractivity contribution is 5.94. The summed E-state index contributed by atoms with van der Waals surface area (Å²) in [6, 6.07) is 23.8. The average Bonchev–Trinajstić information content (AvgIpc) is 2.69. The van der Waals surface area contributed by atoms with Crippen LogP contribution in [0.15, 0.2) is 78.9 Å². The molecule has 1 N–H and O–H groups in total. The normalized spacial score (nSPS) is 10.6. The van der Waals surface area contributed by atoms with Gasteiger partial charge in [0.2, 0.25) is 0 Å². The maximum atomic E-state index is 12.2. The number of ether oxygens (including phenoxy) is 1. The van der Waals surface area contributed by atoms with Gasteiger partial charge in [-0.2, -0.15) is 8.78 Å². The predicted octanol–water partition coefficient (Wildman–Crippen LogP) is 4.93. The zero-order valence-electron chi connectivity index (χ0n) is 14.6. The number of halogens is 2. The van der Waals surface area contributed by atoms with Crippen molar-refractivity contribution in [2.45, 2.75) is 13.0 Å². The van der Waals surface area contributed by atoms with Gasteiger partial charge in [-0.1, -0.05) is 54.6 Å². The maximum absolute atomic E-state index is 12.2. The Labute approximate surface area is 156 Å². The van der Waals surface area contributed by atoms with E-state index in [1.807, 2.05) is 42.5 Å². The Balaban J connectivity index is 1.50.